The Morgan fingerprint density at radius 2 is 1.93 bits per heavy atom. The minimum atomic E-state index is -0.545. The van der Waals surface area contributed by atoms with Gasteiger partial charge in [0.15, 0.2) is 0 Å². The van der Waals surface area contributed by atoms with Crippen LogP contribution in [0.2, 0.25) is 0 Å². The third-order valence-electron chi connectivity index (χ3n) is 4.74. The molecule has 1 aromatic heterocycles. The molecule has 0 unspecified atom stereocenters. The smallest absolute Gasteiger partial charge is 0.379 e. The lowest BCUT2D eigenvalue weighted by Crippen LogP contribution is -2.28. The average molecular weight is 438 g/mol. The maximum atomic E-state index is 12.5. The van der Waals surface area contributed by atoms with Gasteiger partial charge in [-0.1, -0.05) is 61.2 Å². The molecule has 0 aliphatic carbocycles. The van der Waals surface area contributed by atoms with Crippen LogP contribution in [-0.2, 0) is 4.79 Å². The normalized spacial score (nSPS) is 15.4. The fraction of sp³-hybridized carbons (Fsp3) is 0.174. The molecule has 3 aromatic rings. The zero-order valence-electron chi connectivity index (χ0n) is 16.5. The summed E-state index contributed by atoms with van der Waals surface area (Å²) in [5.41, 5.74) is 2.23. The number of thioether (sulfide) groups is 1. The number of benzene rings is 2. The summed E-state index contributed by atoms with van der Waals surface area (Å²) in [4.78, 5) is 27.2. The summed E-state index contributed by atoms with van der Waals surface area (Å²) in [5.74, 6) is -0.0185. The first kappa shape index (κ1) is 20.4. The van der Waals surface area contributed by atoms with E-state index < -0.39 is 5.97 Å². The van der Waals surface area contributed by atoms with Crippen molar-refractivity contribution in [3.63, 3.8) is 0 Å². The van der Waals surface area contributed by atoms with E-state index in [0.29, 0.717) is 27.1 Å². The van der Waals surface area contributed by atoms with Crippen LogP contribution in [0, 0.1) is 6.92 Å². The molecular weight excluding hydrogens is 418 g/mol. The number of carbonyl (C=O) groups is 2. The number of amides is 1. The number of fused-ring (bicyclic) bond motifs is 1. The van der Waals surface area contributed by atoms with Crippen molar-refractivity contribution in [1.82, 2.24) is 4.90 Å². The van der Waals surface area contributed by atoms with Crippen molar-refractivity contribution in [2.45, 2.75) is 20.3 Å². The molecule has 1 aliphatic rings. The van der Waals surface area contributed by atoms with Gasteiger partial charge in [0.1, 0.15) is 15.7 Å². The highest BCUT2D eigenvalue weighted by atomic mass is 32.2. The Bertz CT molecular complexity index is 1180. The molecule has 1 fully saturated rings. The second-order valence-electron chi connectivity index (χ2n) is 6.84. The number of rotatable bonds is 5. The third kappa shape index (κ3) is 3.91. The minimum Gasteiger partial charge on any atom is -0.449 e. The minimum absolute atomic E-state index is 0.0669. The van der Waals surface area contributed by atoms with Gasteiger partial charge >= 0.3 is 5.97 Å². The van der Waals surface area contributed by atoms with Gasteiger partial charge in [-0.2, -0.15) is 0 Å². The number of hydrogen-bond acceptors (Lipinski definition) is 6. The standard InChI is InChI=1S/C23H19NO4S2/c1-3-12-24-21(25)19(30-23(24)29)13-15-8-10-16(11-9-15)27-22(26)20-14(2)17-6-4-5-7-18(17)28-20/h4-11,13H,3,12H2,1-2H3. The summed E-state index contributed by atoms with van der Waals surface area (Å²) < 4.78 is 11.7. The summed E-state index contributed by atoms with van der Waals surface area (Å²) >= 11 is 6.59. The molecule has 7 heteroatoms. The second-order valence-corrected chi connectivity index (χ2v) is 8.52. The maximum absolute atomic E-state index is 12.5. The van der Waals surface area contributed by atoms with Gasteiger partial charge in [-0.25, -0.2) is 4.79 Å². The van der Waals surface area contributed by atoms with E-state index in [1.165, 1.54) is 11.8 Å². The van der Waals surface area contributed by atoms with Crippen LogP contribution < -0.4 is 4.74 Å². The molecule has 1 amide bonds. The Hall–Kier alpha value is -2.90. The molecule has 0 radical (unpaired) electrons. The third-order valence-corrected chi connectivity index (χ3v) is 6.12. The van der Waals surface area contributed by atoms with E-state index in [1.807, 2.05) is 38.1 Å². The van der Waals surface area contributed by atoms with E-state index >= 15 is 0 Å². The Morgan fingerprint density at radius 1 is 1.20 bits per heavy atom. The molecular formula is C23H19NO4S2. The predicted octanol–water partition coefficient (Wildman–Crippen LogP) is 5.57. The topological polar surface area (TPSA) is 59.8 Å². The first-order valence-corrected chi connectivity index (χ1v) is 10.8. The number of ether oxygens (including phenoxy) is 1. The number of hydrogen-bond donors (Lipinski definition) is 0. The van der Waals surface area contributed by atoms with Crippen LogP contribution in [0.4, 0.5) is 0 Å². The van der Waals surface area contributed by atoms with Gasteiger partial charge in [-0.3, -0.25) is 9.69 Å². The molecule has 0 bridgehead atoms. The monoisotopic (exact) mass is 437 g/mol. The van der Waals surface area contributed by atoms with Crippen LogP contribution in [0.15, 0.2) is 57.9 Å². The van der Waals surface area contributed by atoms with Crippen molar-refractivity contribution in [2.75, 3.05) is 6.54 Å². The summed E-state index contributed by atoms with van der Waals surface area (Å²) in [6.45, 7) is 4.47. The molecule has 4 rings (SSSR count). The van der Waals surface area contributed by atoms with Gasteiger partial charge in [0.25, 0.3) is 5.91 Å². The van der Waals surface area contributed by atoms with E-state index in [0.717, 1.165) is 22.9 Å². The van der Waals surface area contributed by atoms with Crippen LogP contribution in [0.5, 0.6) is 5.75 Å². The van der Waals surface area contributed by atoms with Crippen molar-refractivity contribution in [3.8, 4) is 5.75 Å². The van der Waals surface area contributed by atoms with E-state index in [9.17, 15) is 9.59 Å². The first-order valence-electron chi connectivity index (χ1n) is 9.53. The van der Waals surface area contributed by atoms with Crippen LogP contribution >= 0.6 is 24.0 Å². The van der Waals surface area contributed by atoms with Crippen LogP contribution in [0.25, 0.3) is 17.0 Å². The zero-order chi connectivity index (χ0) is 21.3. The maximum Gasteiger partial charge on any atom is 0.379 e. The molecule has 5 nitrogen and oxygen atoms in total. The molecule has 2 aromatic carbocycles. The van der Waals surface area contributed by atoms with Gasteiger partial charge in [0.05, 0.1) is 4.91 Å². The molecule has 0 spiro atoms. The van der Waals surface area contributed by atoms with Gasteiger partial charge in [-0.15, -0.1) is 0 Å². The number of furan rings is 1. The zero-order valence-corrected chi connectivity index (χ0v) is 18.1. The Labute approximate surface area is 183 Å². The fourth-order valence-electron chi connectivity index (χ4n) is 3.22. The van der Waals surface area contributed by atoms with Gasteiger partial charge < -0.3 is 9.15 Å². The van der Waals surface area contributed by atoms with E-state index in [-0.39, 0.29) is 11.7 Å². The Morgan fingerprint density at radius 3 is 2.63 bits per heavy atom. The summed E-state index contributed by atoms with van der Waals surface area (Å²) in [6, 6.07) is 14.4. The number of nitrogens with zero attached hydrogens (tertiary/aromatic N) is 1. The van der Waals surface area contributed by atoms with Crippen molar-refractivity contribution >= 4 is 57.2 Å². The molecule has 1 aliphatic heterocycles. The molecule has 0 N–H and O–H groups in total. The van der Waals surface area contributed by atoms with E-state index in [1.54, 1.807) is 35.2 Å². The lowest BCUT2D eigenvalue weighted by Gasteiger charge is -2.11. The number of para-hydroxylation sites is 1. The lowest BCUT2D eigenvalue weighted by atomic mass is 10.1. The Kier molecular flexibility index (Phi) is 5.74. The second kappa shape index (κ2) is 8.45. The average Bonchev–Trinajstić information content (AvgIpc) is 3.21. The van der Waals surface area contributed by atoms with E-state index in [2.05, 4.69) is 0 Å². The van der Waals surface area contributed by atoms with Crippen molar-refractivity contribution in [3.05, 3.63) is 70.3 Å². The summed E-state index contributed by atoms with van der Waals surface area (Å²) in [5, 5.41) is 0.889. The van der Waals surface area contributed by atoms with Gasteiger partial charge in [0, 0.05) is 17.5 Å². The number of thiocarbonyl (C=S) groups is 1. The quantitative estimate of drug-likeness (QED) is 0.225. The molecule has 30 heavy (non-hydrogen) atoms. The summed E-state index contributed by atoms with van der Waals surface area (Å²) in [6.07, 6.45) is 2.65. The number of aryl methyl sites for hydroxylation is 1. The van der Waals surface area contributed by atoms with Gasteiger partial charge in [0.2, 0.25) is 5.76 Å². The molecule has 0 saturated carbocycles. The molecule has 1 saturated heterocycles. The summed E-state index contributed by atoms with van der Waals surface area (Å²) in [7, 11) is 0. The highest BCUT2D eigenvalue weighted by Crippen LogP contribution is 2.33. The highest BCUT2D eigenvalue weighted by molar-refractivity contribution is 8.26. The molecule has 152 valence electrons. The molecule has 0 atom stereocenters. The van der Waals surface area contributed by atoms with Crippen LogP contribution in [-0.4, -0.2) is 27.6 Å². The van der Waals surface area contributed by atoms with E-state index in [4.69, 9.17) is 21.4 Å². The van der Waals surface area contributed by atoms with Crippen LogP contribution in [0.1, 0.15) is 35.0 Å². The lowest BCUT2D eigenvalue weighted by molar-refractivity contribution is -0.122. The van der Waals surface area contributed by atoms with Crippen molar-refractivity contribution < 1.29 is 18.7 Å². The predicted molar refractivity (Wildman–Crippen MR) is 123 cm³/mol. The number of esters is 1. The van der Waals surface area contributed by atoms with Crippen molar-refractivity contribution in [2.24, 2.45) is 0 Å². The molecule has 2 heterocycles. The van der Waals surface area contributed by atoms with Crippen molar-refractivity contribution in [1.29, 1.82) is 0 Å². The Balaban J connectivity index is 1.49. The first-order chi connectivity index (χ1) is 14.5. The largest absolute Gasteiger partial charge is 0.449 e. The SMILES string of the molecule is CCCN1C(=O)C(=Cc2ccc(OC(=O)c3oc4ccccc4c3C)cc2)SC1=S. The van der Waals surface area contributed by atoms with Gasteiger partial charge in [-0.05, 0) is 43.2 Å². The highest BCUT2D eigenvalue weighted by Gasteiger charge is 2.31. The van der Waals surface area contributed by atoms with Crippen LogP contribution in [0.3, 0.4) is 0 Å². The number of carbonyl (C=O) groups excluding carboxylic acids is 2. The fourth-order valence-corrected chi connectivity index (χ4v) is 4.53.